The monoisotopic (exact) mass is 412 g/mol. The number of carbonyl (C=O) groups excluding carboxylic acids is 1. The zero-order chi connectivity index (χ0) is 21.6. The summed E-state index contributed by atoms with van der Waals surface area (Å²) in [5.41, 5.74) is 1.47. The lowest BCUT2D eigenvalue weighted by Crippen LogP contribution is -2.46. The molecule has 1 aliphatic rings. The van der Waals surface area contributed by atoms with Gasteiger partial charge in [0.15, 0.2) is 5.96 Å². The second-order valence-corrected chi connectivity index (χ2v) is 7.96. The summed E-state index contributed by atoms with van der Waals surface area (Å²) in [7, 11) is 1.72. The zero-order valence-corrected chi connectivity index (χ0v) is 17.7. The molecular weight excluding hydrogens is 383 g/mol. The second kappa shape index (κ2) is 9.61. The van der Waals surface area contributed by atoms with Gasteiger partial charge in [-0.3, -0.25) is 9.79 Å². The molecule has 1 heterocycles. The minimum Gasteiger partial charge on any atom is -0.487 e. The average Bonchev–Trinajstić information content (AvgIpc) is 2.69. The number of aliphatic imine (C=N–C) groups is 1. The number of hydrogen-bond donors (Lipinski definition) is 3. The third kappa shape index (κ3) is 5.95. The van der Waals surface area contributed by atoms with Crippen molar-refractivity contribution in [3.63, 3.8) is 0 Å². The third-order valence-corrected chi connectivity index (χ3v) is 4.90. The van der Waals surface area contributed by atoms with E-state index < -0.39 is 0 Å². The highest BCUT2D eigenvalue weighted by Crippen LogP contribution is 2.39. The maximum absolute atomic E-state index is 13.2. The fraction of sp³-hybridized carbons (Fsp3) is 0.391. The number of nitrogens with one attached hydrogen (secondary N) is 3. The van der Waals surface area contributed by atoms with Crippen LogP contribution in [-0.2, 0) is 11.2 Å². The molecule has 0 saturated heterocycles. The summed E-state index contributed by atoms with van der Waals surface area (Å²) in [5, 5.41) is 9.52. The van der Waals surface area contributed by atoms with Crippen molar-refractivity contribution in [2.75, 3.05) is 20.1 Å². The molecule has 6 nitrogen and oxygen atoms in total. The van der Waals surface area contributed by atoms with Gasteiger partial charge in [0.2, 0.25) is 5.91 Å². The molecule has 1 aliphatic heterocycles. The van der Waals surface area contributed by atoms with Crippen LogP contribution in [0.3, 0.4) is 0 Å². The van der Waals surface area contributed by atoms with Gasteiger partial charge >= 0.3 is 0 Å². The number of fused-ring (bicyclic) bond motifs is 1. The number of nitrogens with zero attached hydrogens (tertiary/aromatic N) is 1. The van der Waals surface area contributed by atoms with E-state index >= 15 is 0 Å². The van der Waals surface area contributed by atoms with Crippen LogP contribution in [0.2, 0.25) is 0 Å². The molecule has 0 aromatic heterocycles. The number of amides is 1. The molecule has 7 heteroatoms. The van der Waals surface area contributed by atoms with Crippen molar-refractivity contribution in [1.82, 2.24) is 16.0 Å². The van der Waals surface area contributed by atoms with E-state index in [2.05, 4.69) is 40.9 Å². The molecule has 1 unspecified atom stereocenters. The second-order valence-electron chi connectivity index (χ2n) is 7.96. The van der Waals surface area contributed by atoms with Gasteiger partial charge in [-0.15, -0.1) is 0 Å². The Morgan fingerprint density at radius 3 is 2.70 bits per heavy atom. The Labute approximate surface area is 176 Å². The molecule has 3 N–H and O–H groups in total. The van der Waals surface area contributed by atoms with Crippen molar-refractivity contribution in [1.29, 1.82) is 0 Å². The first kappa shape index (κ1) is 21.6. The lowest BCUT2D eigenvalue weighted by atomic mass is 9.90. The molecule has 0 spiro atoms. The van der Waals surface area contributed by atoms with Crippen molar-refractivity contribution in [3.05, 3.63) is 65.5 Å². The van der Waals surface area contributed by atoms with Gasteiger partial charge in [-0.1, -0.05) is 30.3 Å². The summed E-state index contributed by atoms with van der Waals surface area (Å²) in [6.07, 6.45) is 0.952. The first-order chi connectivity index (χ1) is 14.4. The predicted molar refractivity (Wildman–Crippen MR) is 116 cm³/mol. The van der Waals surface area contributed by atoms with Crippen molar-refractivity contribution in [2.45, 2.75) is 38.3 Å². The molecule has 1 atom stereocenters. The van der Waals surface area contributed by atoms with Crippen molar-refractivity contribution in [2.24, 2.45) is 4.99 Å². The molecular formula is C23H29FN4O2. The van der Waals surface area contributed by atoms with E-state index in [4.69, 9.17) is 4.74 Å². The van der Waals surface area contributed by atoms with Crippen LogP contribution >= 0.6 is 0 Å². The summed E-state index contributed by atoms with van der Waals surface area (Å²) in [6, 6.07) is 14.1. The van der Waals surface area contributed by atoms with E-state index in [9.17, 15) is 9.18 Å². The number of para-hydroxylation sites is 1. The summed E-state index contributed by atoms with van der Waals surface area (Å²) in [6.45, 7) is 5.09. The van der Waals surface area contributed by atoms with Crippen LogP contribution in [0.5, 0.6) is 5.75 Å². The Morgan fingerprint density at radius 1 is 1.17 bits per heavy atom. The molecule has 2 aromatic rings. The van der Waals surface area contributed by atoms with Crippen LogP contribution in [0.1, 0.15) is 37.4 Å². The highest BCUT2D eigenvalue weighted by Gasteiger charge is 2.33. The van der Waals surface area contributed by atoms with Gasteiger partial charge in [0.1, 0.15) is 17.2 Å². The van der Waals surface area contributed by atoms with Crippen molar-refractivity contribution < 1.29 is 13.9 Å². The summed E-state index contributed by atoms with van der Waals surface area (Å²) >= 11 is 0. The van der Waals surface area contributed by atoms with Crippen LogP contribution in [-0.4, -0.2) is 37.6 Å². The fourth-order valence-electron chi connectivity index (χ4n) is 3.57. The number of rotatable bonds is 6. The van der Waals surface area contributed by atoms with Gasteiger partial charge in [0.05, 0.1) is 12.5 Å². The van der Waals surface area contributed by atoms with Crippen LogP contribution in [0.4, 0.5) is 4.39 Å². The van der Waals surface area contributed by atoms with Gasteiger partial charge in [0.25, 0.3) is 0 Å². The van der Waals surface area contributed by atoms with E-state index in [0.717, 1.165) is 17.7 Å². The molecule has 0 saturated carbocycles. The fourth-order valence-corrected chi connectivity index (χ4v) is 3.57. The van der Waals surface area contributed by atoms with Crippen molar-refractivity contribution in [3.8, 4) is 5.75 Å². The number of halogens is 1. The number of hydrogen-bond acceptors (Lipinski definition) is 3. The molecule has 30 heavy (non-hydrogen) atoms. The van der Waals surface area contributed by atoms with E-state index in [1.165, 1.54) is 12.1 Å². The van der Waals surface area contributed by atoms with Gasteiger partial charge in [-0.2, -0.15) is 0 Å². The lowest BCUT2D eigenvalue weighted by Gasteiger charge is -2.38. The molecule has 1 amide bonds. The van der Waals surface area contributed by atoms with Crippen LogP contribution in [0, 0.1) is 5.82 Å². The minimum absolute atomic E-state index is 0.0683. The van der Waals surface area contributed by atoms with Gasteiger partial charge < -0.3 is 20.7 Å². The Balaban J connectivity index is 1.48. The normalized spacial score (nSPS) is 17.5. The molecule has 3 rings (SSSR count). The summed E-state index contributed by atoms with van der Waals surface area (Å²) in [5.74, 6) is 1.05. The Bertz CT molecular complexity index is 914. The zero-order valence-electron chi connectivity index (χ0n) is 17.7. The molecule has 0 fully saturated rings. The molecule has 0 bridgehead atoms. The first-order valence-corrected chi connectivity index (χ1v) is 10.1. The summed E-state index contributed by atoms with van der Waals surface area (Å²) < 4.78 is 19.3. The van der Waals surface area contributed by atoms with Crippen LogP contribution in [0.15, 0.2) is 53.5 Å². The van der Waals surface area contributed by atoms with Crippen molar-refractivity contribution >= 4 is 11.9 Å². The average molecular weight is 413 g/mol. The van der Waals surface area contributed by atoms with E-state index in [0.29, 0.717) is 24.6 Å². The largest absolute Gasteiger partial charge is 0.487 e. The standard InChI is InChI=1S/C23H29FN4O2/c1-23(2)15-19(18-9-4-5-10-20(18)30-23)28-22(25-3)27-12-11-26-21(29)14-16-7-6-8-17(24)13-16/h4-10,13,19H,11-12,14-15H2,1-3H3,(H,26,29)(H2,25,27,28). The van der Waals surface area contributed by atoms with E-state index in [1.807, 2.05) is 18.2 Å². The van der Waals surface area contributed by atoms with Crippen LogP contribution < -0.4 is 20.7 Å². The first-order valence-electron chi connectivity index (χ1n) is 10.1. The number of ether oxygens (including phenoxy) is 1. The van der Waals surface area contributed by atoms with E-state index in [-0.39, 0.29) is 29.8 Å². The number of carbonyl (C=O) groups is 1. The maximum Gasteiger partial charge on any atom is 0.224 e. The SMILES string of the molecule is CN=C(NCCNC(=O)Cc1cccc(F)c1)NC1CC(C)(C)Oc2ccccc21. The summed E-state index contributed by atoms with van der Waals surface area (Å²) in [4.78, 5) is 16.3. The Hall–Kier alpha value is -3.09. The van der Waals surface area contributed by atoms with Gasteiger partial charge in [0, 0.05) is 32.1 Å². The van der Waals surface area contributed by atoms with Crippen LogP contribution in [0.25, 0.3) is 0 Å². The molecule has 160 valence electrons. The van der Waals surface area contributed by atoms with E-state index in [1.54, 1.807) is 19.2 Å². The lowest BCUT2D eigenvalue weighted by molar-refractivity contribution is -0.120. The van der Waals surface area contributed by atoms with Gasteiger partial charge in [-0.25, -0.2) is 4.39 Å². The molecule has 0 aliphatic carbocycles. The number of benzene rings is 2. The smallest absolute Gasteiger partial charge is 0.224 e. The topological polar surface area (TPSA) is 74.8 Å². The number of guanidine groups is 1. The molecule has 0 radical (unpaired) electrons. The minimum atomic E-state index is -0.338. The quantitative estimate of drug-likeness (QED) is 0.387. The Morgan fingerprint density at radius 2 is 1.93 bits per heavy atom. The third-order valence-electron chi connectivity index (χ3n) is 4.90. The highest BCUT2D eigenvalue weighted by molar-refractivity contribution is 5.81. The molecule has 2 aromatic carbocycles. The maximum atomic E-state index is 13.2. The highest BCUT2D eigenvalue weighted by atomic mass is 19.1. The predicted octanol–water partition coefficient (Wildman–Crippen LogP) is 2.95. The van der Waals surface area contributed by atoms with Gasteiger partial charge in [-0.05, 0) is 37.6 Å². The Kier molecular flexibility index (Phi) is 6.92.